The summed E-state index contributed by atoms with van der Waals surface area (Å²) in [5.74, 6) is 0.154. The molecule has 0 bridgehead atoms. The Bertz CT molecular complexity index is 1300. The number of benzene rings is 1. The van der Waals surface area contributed by atoms with Gasteiger partial charge in [0, 0.05) is 17.7 Å². The van der Waals surface area contributed by atoms with Crippen LogP contribution in [-0.2, 0) is 0 Å². The predicted octanol–water partition coefficient (Wildman–Crippen LogP) is 2.55. The van der Waals surface area contributed by atoms with E-state index in [0.717, 1.165) is 24.1 Å². The predicted molar refractivity (Wildman–Crippen MR) is 106 cm³/mol. The van der Waals surface area contributed by atoms with E-state index in [4.69, 9.17) is 16.5 Å². The van der Waals surface area contributed by atoms with E-state index < -0.39 is 5.91 Å². The molecule has 1 aliphatic carbocycles. The molecular formula is C20H20N6O2. The molecule has 0 saturated heterocycles. The Balaban J connectivity index is 1.94. The van der Waals surface area contributed by atoms with Crippen molar-refractivity contribution in [1.82, 2.24) is 18.9 Å². The number of primary amides is 1. The zero-order valence-corrected chi connectivity index (χ0v) is 15.6. The molecule has 3 heterocycles. The van der Waals surface area contributed by atoms with Crippen molar-refractivity contribution in [1.29, 1.82) is 0 Å². The molecule has 5 rings (SSSR count). The topological polar surface area (TPSA) is 124 Å². The van der Waals surface area contributed by atoms with Crippen LogP contribution in [-0.4, -0.2) is 29.9 Å². The van der Waals surface area contributed by atoms with Gasteiger partial charge in [0.05, 0.1) is 22.3 Å². The number of nitrogens with two attached hydrogens (primary N) is 2. The summed E-state index contributed by atoms with van der Waals surface area (Å²) in [6.45, 7) is 3.71. The number of nitrogen functional groups attached to an aromatic ring is 1. The minimum absolute atomic E-state index is 0.139. The highest BCUT2D eigenvalue weighted by atomic mass is 16.3. The Hall–Kier alpha value is -3.55. The van der Waals surface area contributed by atoms with Gasteiger partial charge in [-0.2, -0.15) is 0 Å². The number of carbonyl (C=O) groups is 1. The number of phenolic OH excluding ortho intramolecular Hbond substituents is 1. The van der Waals surface area contributed by atoms with Gasteiger partial charge in [-0.25, -0.2) is 9.97 Å². The highest BCUT2D eigenvalue weighted by Crippen LogP contribution is 2.41. The Morgan fingerprint density at radius 3 is 2.68 bits per heavy atom. The van der Waals surface area contributed by atoms with Gasteiger partial charge in [0.25, 0.3) is 5.91 Å². The number of anilines is 1. The number of hydrogen-bond acceptors (Lipinski definition) is 5. The lowest BCUT2D eigenvalue weighted by molar-refractivity contribution is 0.100. The van der Waals surface area contributed by atoms with Crippen molar-refractivity contribution < 1.29 is 9.90 Å². The monoisotopic (exact) mass is 376 g/mol. The number of phenols is 1. The van der Waals surface area contributed by atoms with Gasteiger partial charge in [0.2, 0.25) is 0 Å². The third-order valence-corrected chi connectivity index (χ3v) is 5.53. The van der Waals surface area contributed by atoms with Gasteiger partial charge in [-0.3, -0.25) is 13.8 Å². The van der Waals surface area contributed by atoms with E-state index in [-0.39, 0.29) is 17.1 Å². The van der Waals surface area contributed by atoms with Gasteiger partial charge in [-0.15, -0.1) is 0 Å². The maximum Gasteiger partial charge on any atom is 0.253 e. The van der Waals surface area contributed by atoms with Crippen LogP contribution < -0.4 is 11.5 Å². The molecule has 142 valence electrons. The number of rotatable bonds is 3. The highest BCUT2D eigenvalue weighted by Gasteiger charge is 2.29. The molecule has 0 unspecified atom stereocenters. The molecule has 0 radical (unpaired) electrons. The van der Waals surface area contributed by atoms with Crippen LogP contribution in [0.5, 0.6) is 5.75 Å². The summed E-state index contributed by atoms with van der Waals surface area (Å²) in [7, 11) is 0. The SMILES string of the molecule is Cc1ccc(O)c(C)c1-n1c(N)c(C(N)=O)c2c1ncn1cc(C3CC3)nc21. The van der Waals surface area contributed by atoms with Crippen LogP contribution in [0.2, 0.25) is 0 Å². The van der Waals surface area contributed by atoms with Crippen LogP contribution in [0, 0.1) is 13.8 Å². The lowest BCUT2D eigenvalue weighted by Crippen LogP contribution is -2.14. The van der Waals surface area contributed by atoms with Crippen LogP contribution >= 0.6 is 0 Å². The first kappa shape index (κ1) is 16.6. The zero-order valence-electron chi connectivity index (χ0n) is 15.6. The van der Waals surface area contributed by atoms with Gasteiger partial charge in [-0.1, -0.05) is 6.07 Å². The minimum atomic E-state index is -0.636. The van der Waals surface area contributed by atoms with E-state index in [0.29, 0.717) is 33.8 Å². The fourth-order valence-electron chi connectivity index (χ4n) is 3.93. The minimum Gasteiger partial charge on any atom is -0.508 e. The van der Waals surface area contributed by atoms with Gasteiger partial charge < -0.3 is 16.6 Å². The van der Waals surface area contributed by atoms with Crippen molar-refractivity contribution in [2.75, 3.05) is 5.73 Å². The summed E-state index contributed by atoms with van der Waals surface area (Å²) in [5, 5.41) is 10.8. The lowest BCUT2D eigenvalue weighted by Gasteiger charge is -2.15. The quantitative estimate of drug-likeness (QED) is 0.507. The van der Waals surface area contributed by atoms with Crippen LogP contribution in [0.1, 0.15) is 45.9 Å². The number of amides is 1. The van der Waals surface area contributed by atoms with Crippen molar-refractivity contribution in [3.63, 3.8) is 0 Å². The molecule has 0 atom stereocenters. The van der Waals surface area contributed by atoms with Gasteiger partial charge in [-0.05, 0) is 38.3 Å². The van der Waals surface area contributed by atoms with Gasteiger partial charge >= 0.3 is 0 Å². The third kappa shape index (κ3) is 2.14. The Morgan fingerprint density at radius 1 is 1.25 bits per heavy atom. The number of hydrogen-bond donors (Lipinski definition) is 3. The first-order chi connectivity index (χ1) is 13.4. The second-order valence-electron chi connectivity index (χ2n) is 7.45. The summed E-state index contributed by atoms with van der Waals surface area (Å²) >= 11 is 0. The first-order valence-electron chi connectivity index (χ1n) is 9.15. The van der Waals surface area contributed by atoms with Gasteiger partial charge in [0.1, 0.15) is 23.5 Å². The van der Waals surface area contributed by atoms with Crippen molar-refractivity contribution in [3.05, 3.63) is 47.0 Å². The number of fused-ring (bicyclic) bond motifs is 3. The number of aryl methyl sites for hydroxylation is 1. The average Bonchev–Trinajstić information content (AvgIpc) is 3.34. The molecule has 8 heteroatoms. The standard InChI is InChI=1S/C20H20N6O2/c1-9-3-6-13(27)10(2)16(9)26-17(21)14(18(22)28)15-19(26)23-8-25-7-12(11-4-5-11)24-20(15)25/h3,6-8,11,27H,4-5,21H2,1-2H3,(H2,22,28). The molecule has 1 aromatic carbocycles. The molecule has 28 heavy (non-hydrogen) atoms. The van der Waals surface area contributed by atoms with E-state index in [1.165, 1.54) is 0 Å². The summed E-state index contributed by atoms with van der Waals surface area (Å²) < 4.78 is 3.50. The second-order valence-corrected chi connectivity index (χ2v) is 7.45. The first-order valence-corrected chi connectivity index (χ1v) is 9.15. The highest BCUT2D eigenvalue weighted by molar-refractivity contribution is 6.15. The molecule has 1 fully saturated rings. The molecule has 3 aromatic heterocycles. The molecule has 8 nitrogen and oxygen atoms in total. The largest absolute Gasteiger partial charge is 0.508 e. The number of imidazole rings is 1. The van der Waals surface area contributed by atoms with Crippen LogP contribution in [0.3, 0.4) is 0 Å². The van der Waals surface area contributed by atoms with Crippen molar-refractivity contribution >= 4 is 28.4 Å². The third-order valence-electron chi connectivity index (χ3n) is 5.53. The Kier molecular flexibility index (Phi) is 3.25. The molecular weight excluding hydrogens is 356 g/mol. The van der Waals surface area contributed by atoms with E-state index in [1.54, 1.807) is 30.0 Å². The average molecular weight is 376 g/mol. The molecule has 1 amide bonds. The summed E-state index contributed by atoms with van der Waals surface area (Å²) in [6.07, 6.45) is 5.86. The lowest BCUT2D eigenvalue weighted by atomic mass is 10.1. The van der Waals surface area contributed by atoms with E-state index >= 15 is 0 Å². The Labute approximate surface area is 160 Å². The van der Waals surface area contributed by atoms with Crippen LogP contribution in [0.15, 0.2) is 24.7 Å². The summed E-state index contributed by atoms with van der Waals surface area (Å²) in [5.41, 5.74) is 16.6. The fourth-order valence-corrected chi connectivity index (χ4v) is 3.93. The molecule has 1 saturated carbocycles. The maximum atomic E-state index is 12.3. The molecule has 5 N–H and O–H groups in total. The van der Waals surface area contributed by atoms with Crippen molar-refractivity contribution in [3.8, 4) is 11.4 Å². The Morgan fingerprint density at radius 2 is 2.00 bits per heavy atom. The molecule has 4 aromatic rings. The number of carbonyl (C=O) groups excluding carboxylic acids is 1. The van der Waals surface area contributed by atoms with E-state index in [2.05, 4.69) is 4.98 Å². The second kappa shape index (κ2) is 5.48. The molecule has 1 aliphatic rings. The van der Waals surface area contributed by atoms with E-state index in [9.17, 15) is 9.90 Å². The van der Waals surface area contributed by atoms with Crippen molar-refractivity contribution in [2.45, 2.75) is 32.6 Å². The summed E-state index contributed by atoms with van der Waals surface area (Å²) in [4.78, 5) is 21.7. The normalized spacial score (nSPS) is 14.2. The zero-order chi connectivity index (χ0) is 19.7. The fraction of sp³-hybridized carbons (Fsp3) is 0.250. The van der Waals surface area contributed by atoms with Crippen LogP contribution in [0.4, 0.5) is 5.82 Å². The van der Waals surface area contributed by atoms with Crippen LogP contribution in [0.25, 0.3) is 22.4 Å². The number of nitrogens with zero attached hydrogens (tertiary/aromatic N) is 4. The van der Waals surface area contributed by atoms with E-state index in [1.807, 2.05) is 17.5 Å². The van der Waals surface area contributed by atoms with Crippen molar-refractivity contribution in [2.24, 2.45) is 5.73 Å². The number of aromatic hydroxyl groups is 1. The maximum absolute atomic E-state index is 12.3. The molecule has 0 aliphatic heterocycles. The van der Waals surface area contributed by atoms with Gasteiger partial charge in [0.15, 0.2) is 5.65 Å². The smallest absolute Gasteiger partial charge is 0.253 e. The number of aromatic nitrogens is 4. The summed E-state index contributed by atoms with van der Waals surface area (Å²) in [6, 6.07) is 3.43. The molecule has 0 spiro atoms.